The minimum atomic E-state index is -0.406. The molecule has 0 saturated carbocycles. The van der Waals surface area contributed by atoms with E-state index >= 15 is 0 Å². The standard InChI is InChI=1S/C12H14O2/c1-7-5-9(3)11(6-8(7)2)12(14)10(4)13/h5-6H,1-4H3. The summed E-state index contributed by atoms with van der Waals surface area (Å²) in [4.78, 5) is 22.4. The number of Topliss-reactive ketones (excluding diaryl/α,β-unsaturated/α-hetero) is 2. The normalized spacial score (nSPS) is 10.0. The highest BCUT2D eigenvalue weighted by molar-refractivity contribution is 6.43. The van der Waals surface area contributed by atoms with Crippen LogP contribution in [0.15, 0.2) is 12.1 Å². The van der Waals surface area contributed by atoms with Crippen molar-refractivity contribution in [2.24, 2.45) is 0 Å². The number of hydrogen-bond acceptors (Lipinski definition) is 2. The molecule has 0 fully saturated rings. The molecule has 74 valence electrons. The third kappa shape index (κ3) is 1.90. The summed E-state index contributed by atoms with van der Waals surface area (Å²) >= 11 is 0. The van der Waals surface area contributed by atoms with E-state index in [1.807, 2.05) is 26.8 Å². The molecule has 0 unspecified atom stereocenters. The van der Waals surface area contributed by atoms with Gasteiger partial charge in [0.25, 0.3) is 0 Å². The first kappa shape index (κ1) is 10.6. The molecule has 0 radical (unpaired) electrons. The molecule has 0 aliphatic heterocycles. The van der Waals surface area contributed by atoms with E-state index in [9.17, 15) is 9.59 Å². The molecule has 0 saturated heterocycles. The fourth-order valence-electron chi connectivity index (χ4n) is 1.39. The topological polar surface area (TPSA) is 34.1 Å². The van der Waals surface area contributed by atoms with Gasteiger partial charge in [-0.15, -0.1) is 0 Å². The number of carbonyl (C=O) groups excluding carboxylic acids is 2. The molecule has 1 aromatic rings. The van der Waals surface area contributed by atoms with Crippen LogP contribution in [0.2, 0.25) is 0 Å². The summed E-state index contributed by atoms with van der Waals surface area (Å²) in [5.41, 5.74) is 3.58. The van der Waals surface area contributed by atoms with Crippen LogP contribution in [0, 0.1) is 20.8 Å². The van der Waals surface area contributed by atoms with Crippen molar-refractivity contribution in [3.63, 3.8) is 0 Å². The summed E-state index contributed by atoms with van der Waals surface area (Å²) in [7, 11) is 0. The maximum absolute atomic E-state index is 11.5. The Kier molecular flexibility index (Phi) is 2.84. The van der Waals surface area contributed by atoms with E-state index in [4.69, 9.17) is 0 Å². The summed E-state index contributed by atoms with van der Waals surface area (Å²) in [6.07, 6.45) is 0. The van der Waals surface area contributed by atoms with Gasteiger partial charge in [-0.1, -0.05) is 6.07 Å². The Morgan fingerprint density at radius 2 is 1.43 bits per heavy atom. The molecule has 0 aliphatic rings. The van der Waals surface area contributed by atoms with Crippen molar-refractivity contribution in [1.29, 1.82) is 0 Å². The van der Waals surface area contributed by atoms with Gasteiger partial charge in [0, 0.05) is 12.5 Å². The first-order valence-corrected chi connectivity index (χ1v) is 4.56. The molecule has 0 bridgehead atoms. The van der Waals surface area contributed by atoms with Crippen molar-refractivity contribution in [2.75, 3.05) is 0 Å². The van der Waals surface area contributed by atoms with Crippen LogP contribution in [0.5, 0.6) is 0 Å². The summed E-state index contributed by atoms with van der Waals surface area (Å²) in [6.45, 7) is 7.08. The van der Waals surface area contributed by atoms with Gasteiger partial charge >= 0.3 is 0 Å². The average Bonchev–Trinajstić information content (AvgIpc) is 2.10. The predicted molar refractivity (Wildman–Crippen MR) is 55.7 cm³/mol. The van der Waals surface area contributed by atoms with E-state index in [1.165, 1.54) is 6.92 Å². The smallest absolute Gasteiger partial charge is 0.228 e. The highest BCUT2D eigenvalue weighted by Crippen LogP contribution is 2.15. The molecule has 0 atom stereocenters. The largest absolute Gasteiger partial charge is 0.291 e. The molecule has 0 amide bonds. The molecular formula is C12H14O2. The molecule has 2 heteroatoms. The van der Waals surface area contributed by atoms with Crippen LogP contribution in [-0.4, -0.2) is 11.6 Å². The van der Waals surface area contributed by atoms with Crippen LogP contribution in [0.1, 0.15) is 34.0 Å². The van der Waals surface area contributed by atoms with Gasteiger partial charge in [0.2, 0.25) is 5.78 Å². The van der Waals surface area contributed by atoms with Gasteiger partial charge in [-0.3, -0.25) is 9.59 Å². The summed E-state index contributed by atoms with van der Waals surface area (Å²) < 4.78 is 0. The lowest BCUT2D eigenvalue weighted by atomic mass is 9.97. The Hall–Kier alpha value is -1.44. The van der Waals surface area contributed by atoms with Gasteiger partial charge in [-0.2, -0.15) is 0 Å². The quantitative estimate of drug-likeness (QED) is 0.530. The second-order valence-electron chi connectivity index (χ2n) is 3.64. The molecule has 0 aliphatic carbocycles. The Morgan fingerprint density at radius 3 is 1.93 bits per heavy atom. The van der Waals surface area contributed by atoms with E-state index in [0.717, 1.165) is 16.7 Å². The molecule has 1 rings (SSSR count). The van der Waals surface area contributed by atoms with Crippen molar-refractivity contribution >= 4 is 11.6 Å². The third-order valence-electron chi connectivity index (χ3n) is 2.41. The molecule has 0 heterocycles. The zero-order chi connectivity index (χ0) is 10.9. The van der Waals surface area contributed by atoms with Crippen molar-refractivity contribution < 1.29 is 9.59 Å². The highest BCUT2D eigenvalue weighted by Gasteiger charge is 2.14. The van der Waals surface area contributed by atoms with Gasteiger partial charge in [-0.25, -0.2) is 0 Å². The van der Waals surface area contributed by atoms with Gasteiger partial charge < -0.3 is 0 Å². The van der Waals surface area contributed by atoms with Crippen molar-refractivity contribution in [2.45, 2.75) is 27.7 Å². The lowest BCUT2D eigenvalue weighted by Crippen LogP contribution is -2.11. The number of hydrogen-bond donors (Lipinski definition) is 0. The fraction of sp³-hybridized carbons (Fsp3) is 0.333. The van der Waals surface area contributed by atoms with Crippen molar-refractivity contribution in [1.82, 2.24) is 0 Å². The third-order valence-corrected chi connectivity index (χ3v) is 2.41. The van der Waals surface area contributed by atoms with Crippen LogP contribution < -0.4 is 0 Å². The summed E-state index contributed by atoms with van der Waals surface area (Å²) in [6, 6.07) is 3.72. The maximum Gasteiger partial charge on any atom is 0.228 e. The van der Waals surface area contributed by atoms with Gasteiger partial charge in [0.15, 0.2) is 5.78 Å². The Labute approximate surface area is 83.9 Å². The van der Waals surface area contributed by atoms with Crippen LogP contribution in [-0.2, 0) is 4.79 Å². The van der Waals surface area contributed by atoms with Gasteiger partial charge in [-0.05, 0) is 43.5 Å². The predicted octanol–water partition coefficient (Wildman–Crippen LogP) is 2.38. The second-order valence-corrected chi connectivity index (χ2v) is 3.64. The van der Waals surface area contributed by atoms with Crippen molar-refractivity contribution in [3.05, 3.63) is 34.4 Å². The van der Waals surface area contributed by atoms with E-state index in [2.05, 4.69) is 0 Å². The van der Waals surface area contributed by atoms with Crippen LogP contribution in [0.3, 0.4) is 0 Å². The monoisotopic (exact) mass is 190 g/mol. The number of aryl methyl sites for hydroxylation is 3. The molecule has 0 N–H and O–H groups in total. The van der Waals surface area contributed by atoms with Crippen molar-refractivity contribution in [3.8, 4) is 0 Å². The highest BCUT2D eigenvalue weighted by atomic mass is 16.2. The minimum absolute atomic E-state index is 0.398. The molecule has 1 aromatic carbocycles. The van der Waals surface area contributed by atoms with Gasteiger partial charge in [0.05, 0.1) is 0 Å². The molecule has 0 aromatic heterocycles. The zero-order valence-electron chi connectivity index (χ0n) is 8.97. The second kappa shape index (κ2) is 3.74. The van der Waals surface area contributed by atoms with Crippen LogP contribution in [0.25, 0.3) is 0 Å². The van der Waals surface area contributed by atoms with E-state index in [1.54, 1.807) is 6.07 Å². The van der Waals surface area contributed by atoms with E-state index in [0.29, 0.717) is 5.56 Å². The first-order valence-electron chi connectivity index (χ1n) is 4.56. The van der Waals surface area contributed by atoms with E-state index in [-0.39, 0.29) is 0 Å². The van der Waals surface area contributed by atoms with E-state index < -0.39 is 11.6 Å². The lowest BCUT2D eigenvalue weighted by molar-refractivity contribution is -0.113. The van der Waals surface area contributed by atoms with Crippen LogP contribution in [0.4, 0.5) is 0 Å². The Morgan fingerprint density at radius 1 is 0.929 bits per heavy atom. The lowest BCUT2D eigenvalue weighted by Gasteiger charge is -2.06. The Balaban J connectivity index is 3.29. The molecular weight excluding hydrogens is 176 g/mol. The first-order chi connectivity index (χ1) is 6.43. The minimum Gasteiger partial charge on any atom is -0.291 e. The molecule has 0 spiro atoms. The Bertz CT molecular complexity index is 403. The number of rotatable bonds is 2. The summed E-state index contributed by atoms with van der Waals surface area (Å²) in [5, 5.41) is 0. The fourth-order valence-corrected chi connectivity index (χ4v) is 1.39. The molecule has 2 nitrogen and oxygen atoms in total. The number of benzene rings is 1. The zero-order valence-corrected chi connectivity index (χ0v) is 8.97. The maximum atomic E-state index is 11.5. The van der Waals surface area contributed by atoms with Crippen LogP contribution >= 0.6 is 0 Å². The SMILES string of the molecule is CC(=O)C(=O)c1cc(C)c(C)cc1C. The van der Waals surface area contributed by atoms with Gasteiger partial charge in [0.1, 0.15) is 0 Å². The number of ketones is 2. The summed E-state index contributed by atoms with van der Waals surface area (Å²) in [5.74, 6) is -0.804. The molecule has 14 heavy (non-hydrogen) atoms. The average molecular weight is 190 g/mol. The number of carbonyl (C=O) groups is 2.